The van der Waals surface area contributed by atoms with E-state index in [9.17, 15) is 15.0 Å². The highest BCUT2D eigenvalue weighted by molar-refractivity contribution is 5.72. The first-order valence-electron chi connectivity index (χ1n) is 4.92. The third-order valence-corrected chi connectivity index (χ3v) is 2.30. The predicted octanol–water partition coefficient (Wildman–Crippen LogP) is 1.22. The molecule has 2 atom stereocenters. The summed E-state index contributed by atoms with van der Waals surface area (Å²) in [5, 5.41) is 30.1. The molecule has 1 aromatic carbocycles. The number of phenols is 2. The minimum absolute atomic E-state index is 0.0494. The number of benzene rings is 1. The molecule has 1 aromatic rings. The van der Waals surface area contributed by atoms with Gasteiger partial charge in [-0.15, -0.1) is 0 Å². The van der Waals surface area contributed by atoms with Crippen LogP contribution in [-0.4, -0.2) is 27.3 Å². The topological polar surface area (TPSA) is 89.8 Å². The van der Waals surface area contributed by atoms with Crippen molar-refractivity contribution >= 4 is 5.97 Å². The molecule has 1 rings (SSSR count). The fourth-order valence-electron chi connectivity index (χ4n) is 1.41. The van der Waals surface area contributed by atoms with Crippen LogP contribution in [0.25, 0.3) is 0 Å². The molecule has 5 heteroatoms. The van der Waals surface area contributed by atoms with Gasteiger partial charge in [-0.25, -0.2) is 0 Å². The van der Waals surface area contributed by atoms with Crippen LogP contribution in [0.2, 0.25) is 0 Å². The Hall–Kier alpha value is -1.75. The van der Waals surface area contributed by atoms with Gasteiger partial charge in [0, 0.05) is 12.1 Å². The van der Waals surface area contributed by atoms with E-state index in [-0.39, 0.29) is 17.5 Å². The Balaban J connectivity index is 2.80. The van der Waals surface area contributed by atoms with E-state index >= 15 is 0 Å². The molecule has 0 saturated carbocycles. The standard InChI is InChI=1S/C11H15NO4/c1-6(12-7(2)11(15)16)8-3-9(13)5-10(14)4-8/h3-7,12-14H,1-2H3,(H,15,16). The van der Waals surface area contributed by atoms with Crippen molar-refractivity contribution < 1.29 is 20.1 Å². The van der Waals surface area contributed by atoms with Crippen molar-refractivity contribution in [2.45, 2.75) is 25.9 Å². The summed E-state index contributed by atoms with van der Waals surface area (Å²) in [6.07, 6.45) is 0. The second kappa shape index (κ2) is 4.85. The maximum atomic E-state index is 10.6. The predicted molar refractivity (Wildman–Crippen MR) is 58.4 cm³/mol. The molecule has 0 fully saturated rings. The number of carboxylic acid groups (broad SMARTS) is 1. The van der Waals surface area contributed by atoms with Crippen LogP contribution >= 0.6 is 0 Å². The average molecular weight is 225 g/mol. The van der Waals surface area contributed by atoms with Crippen molar-refractivity contribution in [2.24, 2.45) is 0 Å². The van der Waals surface area contributed by atoms with Gasteiger partial charge >= 0.3 is 5.97 Å². The molecule has 0 amide bonds. The second-order valence-electron chi connectivity index (χ2n) is 3.73. The molecule has 0 aromatic heterocycles. The molecule has 0 radical (unpaired) electrons. The number of rotatable bonds is 4. The lowest BCUT2D eigenvalue weighted by Crippen LogP contribution is -2.35. The highest BCUT2D eigenvalue weighted by Crippen LogP contribution is 2.24. The third-order valence-electron chi connectivity index (χ3n) is 2.30. The van der Waals surface area contributed by atoms with Crippen LogP contribution in [0.15, 0.2) is 18.2 Å². The van der Waals surface area contributed by atoms with Gasteiger partial charge in [-0.3, -0.25) is 10.1 Å². The van der Waals surface area contributed by atoms with E-state index in [4.69, 9.17) is 5.11 Å². The van der Waals surface area contributed by atoms with Gasteiger partial charge in [-0.2, -0.15) is 0 Å². The average Bonchev–Trinajstić information content (AvgIpc) is 2.15. The minimum Gasteiger partial charge on any atom is -0.508 e. The van der Waals surface area contributed by atoms with E-state index in [2.05, 4.69) is 5.32 Å². The quantitative estimate of drug-likeness (QED) is 0.618. The summed E-state index contributed by atoms with van der Waals surface area (Å²) in [6.45, 7) is 3.29. The van der Waals surface area contributed by atoms with E-state index in [1.165, 1.54) is 25.1 Å². The Labute approximate surface area is 93.4 Å². The lowest BCUT2D eigenvalue weighted by atomic mass is 10.1. The van der Waals surface area contributed by atoms with Gasteiger partial charge in [0.1, 0.15) is 17.5 Å². The van der Waals surface area contributed by atoms with Gasteiger partial charge in [-0.05, 0) is 31.5 Å². The number of hydrogen-bond acceptors (Lipinski definition) is 4. The molecule has 0 saturated heterocycles. The van der Waals surface area contributed by atoms with Gasteiger partial charge in [0.15, 0.2) is 0 Å². The zero-order valence-electron chi connectivity index (χ0n) is 9.14. The van der Waals surface area contributed by atoms with E-state index < -0.39 is 12.0 Å². The highest BCUT2D eigenvalue weighted by atomic mass is 16.4. The Morgan fingerprint density at radius 1 is 1.19 bits per heavy atom. The molecule has 16 heavy (non-hydrogen) atoms. The van der Waals surface area contributed by atoms with Crippen molar-refractivity contribution in [1.29, 1.82) is 0 Å². The summed E-state index contributed by atoms with van der Waals surface area (Å²) in [4.78, 5) is 10.6. The lowest BCUT2D eigenvalue weighted by molar-refractivity contribution is -0.139. The summed E-state index contributed by atoms with van der Waals surface area (Å²) in [6, 6.07) is 3.21. The zero-order valence-corrected chi connectivity index (χ0v) is 9.14. The number of aliphatic carboxylic acids is 1. The van der Waals surface area contributed by atoms with Crippen molar-refractivity contribution in [3.05, 3.63) is 23.8 Å². The molecule has 0 bridgehead atoms. The van der Waals surface area contributed by atoms with Gasteiger partial charge < -0.3 is 15.3 Å². The van der Waals surface area contributed by atoms with Gasteiger partial charge in [0.25, 0.3) is 0 Å². The number of phenolic OH excluding ortho intramolecular Hbond substituents is 2. The highest BCUT2D eigenvalue weighted by Gasteiger charge is 2.15. The molecule has 4 N–H and O–H groups in total. The van der Waals surface area contributed by atoms with Crippen LogP contribution in [0.4, 0.5) is 0 Å². The monoisotopic (exact) mass is 225 g/mol. The van der Waals surface area contributed by atoms with Crippen LogP contribution in [0.1, 0.15) is 25.5 Å². The van der Waals surface area contributed by atoms with Crippen molar-refractivity contribution in [3.63, 3.8) is 0 Å². The molecule has 5 nitrogen and oxygen atoms in total. The van der Waals surface area contributed by atoms with E-state index in [0.29, 0.717) is 5.56 Å². The number of aromatic hydroxyl groups is 2. The van der Waals surface area contributed by atoms with E-state index in [1.807, 2.05) is 0 Å². The van der Waals surface area contributed by atoms with Crippen LogP contribution < -0.4 is 5.32 Å². The zero-order chi connectivity index (χ0) is 12.3. The SMILES string of the molecule is CC(NC(C)c1cc(O)cc(O)c1)C(=O)O. The second-order valence-corrected chi connectivity index (χ2v) is 3.73. The summed E-state index contributed by atoms with van der Waals surface area (Å²) < 4.78 is 0. The lowest BCUT2D eigenvalue weighted by Gasteiger charge is -2.17. The van der Waals surface area contributed by atoms with Crippen LogP contribution in [-0.2, 0) is 4.79 Å². The number of hydrogen-bond donors (Lipinski definition) is 4. The number of carbonyl (C=O) groups is 1. The first kappa shape index (κ1) is 12.3. The van der Waals surface area contributed by atoms with Crippen molar-refractivity contribution in [1.82, 2.24) is 5.32 Å². The number of carboxylic acids is 1. The van der Waals surface area contributed by atoms with E-state index in [1.54, 1.807) is 6.92 Å². The summed E-state index contributed by atoms with van der Waals surface area (Å²) in [7, 11) is 0. The Morgan fingerprint density at radius 3 is 2.12 bits per heavy atom. The third kappa shape index (κ3) is 3.13. The smallest absolute Gasteiger partial charge is 0.320 e. The maximum absolute atomic E-state index is 10.6. The van der Waals surface area contributed by atoms with Crippen molar-refractivity contribution in [3.8, 4) is 11.5 Å². The summed E-state index contributed by atoms with van der Waals surface area (Å²) in [5.41, 5.74) is 0.630. The molecular formula is C11H15NO4. The Morgan fingerprint density at radius 2 is 1.69 bits per heavy atom. The molecule has 0 heterocycles. The molecule has 88 valence electrons. The van der Waals surface area contributed by atoms with E-state index in [0.717, 1.165) is 0 Å². The summed E-state index contributed by atoms with van der Waals surface area (Å²) >= 11 is 0. The fraction of sp³-hybridized carbons (Fsp3) is 0.364. The van der Waals surface area contributed by atoms with Gasteiger partial charge in [-0.1, -0.05) is 0 Å². The summed E-state index contributed by atoms with van der Waals surface area (Å²) in [5.74, 6) is -1.05. The minimum atomic E-state index is -0.948. The normalized spacial score (nSPS) is 14.4. The first-order chi connectivity index (χ1) is 7.40. The fourth-order valence-corrected chi connectivity index (χ4v) is 1.41. The molecule has 2 unspecified atom stereocenters. The molecule has 0 aliphatic carbocycles. The molecule has 0 aliphatic heterocycles. The Bertz CT molecular complexity index is 371. The maximum Gasteiger partial charge on any atom is 0.320 e. The van der Waals surface area contributed by atoms with Crippen molar-refractivity contribution in [2.75, 3.05) is 0 Å². The van der Waals surface area contributed by atoms with Crippen LogP contribution in [0.5, 0.6) is 11.5 Å². The van der Waals surface area contributed by atoms with Gasteiger partial charge in [0.2, 0.25) is 0 Å². The largest absolute Gasteiger partial charge is 0.508 e. The first-order valence-corrected chi connectivity index (χ1v) is 4.92. The molecule has 0 spiro atoms. The number of nitrogens with one attached hydrogen (secondary N) is 1. The van der Waals surface area contributed by atoms with Gasteiger partial charge in [0.05, 0.1) is 0 Å². The molecular weight excluding hydrogens is 210 g/mol. The van der Waals surface area contributed by atoms with Crippen LogP contribution in [0, 0.1) is 0 Å². The molecule has 0 aliphatic rings. The van der Waals surface area contributed by atoms with Crippen LogP contribution in [0.3, 0.4) is 0 Å². The Kier molecular flexibility index (Phi) is 3.73.